The molecule has 3 saturated carbocycles. The maximum absolute atomic E-state index is 13.7. The van der Waals surface area contributed by atoms with E-state index in [0.29, 0.717) is 18.3 Å². The number of nitrogens with zero attached hydrogens (tertiary/aromatic N) is 1. The van der Waals surface area contributed by atoms with Gasteiger partial charge in [0, 0.05) is 14.1 Å². The lowest BCUT2D eigenvalue weighted by Crippen LogP contribution is -2.65. The Labute approximate surface area is 251 Å². The van der Waals surface area contributed by atoms with Gasteiger partial charge in [-0.25, -0.2) is 17.5 Å². The first-order valence-electron chi connectivity index (χ1n) is 15.0. The summed E-state index contributed by atoms with van der Waals surface area (Å²) in [7, 11) is -1.76. The van der Waals surface area contributed by atoms with Crippen molar-refractivity contribution in [3.8, 4) is 0 Å². The first-order chi connectivity index (χ1) is 19.4. The minimum Gasteiger partial charge on any atom is -0.444 e. The molecule has 1 aromatic rings. The van der Waals surface area contributed by atoms with Crippen molar-refractivity contribution in [1.82, 2.24) is 14.9 Å². The molecule has 1 aliphatic heterocycles. The van der Waals surface area contributed by atoms with Crippen molar-refractivity contribution in [2.45, 2.75) is 103 Å². The second-order valence-corrected chi connectivity index (χ2v) is 16.3. The average Bonchev–Trinajstić information content (AvgIpc) is 3.24. The molecule has 4 fully saturated rings. The molecule has 2 amide bonds. The minimum absolute atomic E-state index is 0.0717. The molecule has 234 valence electrons. The van der Waals surface area contributed by atoms with E-state index in [1.165, 1.54) is 19.7 Å². The van der Waals surface area contributed by atoms with Crippen molar-refractivity contribution in [1.29, 1.82) is 0 Å². The van der Waals surface area contributed by atoms with E-state index in [-0.39, 0.29) is 11.5 Å². The van der Waals surface area contributed by atoms with E-state index in [1.807, 2.05) is 18.2 Å². The van der Waals surface area contributed by atoms with Crippen LogP contribution >= 0.6 is 0 Å². The van der Waals surface area contributed by atoms with E-state index >= 15 is 0 Å². The summed E-state index contributed by atoms with van der Waals surface area (Å²) in [5, 5.41) is 5.49. The summed E-state index contributed by atoms with van der Waals surface area (Å²) < 4.78 is 45.2. The number of rotatable bonds is 11. The standard InChI is InChI=1S/C30H48BN3O7S/c1-28(2,3)39-27(36)32-22(19-42(37,38)34(7)8)26(35)33-25(16-12-15-20-13-10-9-11-14-20)31-40-24-18-21-17-23(29(21,4)5)30(24,6)41-31/h9-11,13-14,21-25H,12,15-19H2,1-8H3,(H,32,36)(H,33,35)/t21-,22+,23-,24+,25-,30-/m0/s1. The predicted molar refractivity (Wildman–Crippen MR) is 162 cm³/mol. The molecule has 6 atom stereocenters. The Morgan fingerprint density at radius 3 is 2.38 bits per heavy atom. The van der Waals surface area contributed by atoms with Gasteiger partial charge in [-0.3, -0.25) is 4.79 Å². The highest BCUT2D eigenvalue weighted by Crippen LogP contribution is 2.65. The summed E-state index contributed by atoms with van der Waals surface area (Å²) in [6.45, 7) is 11.8. The van der Waals surface area contributed by atoms with E-state index in [1.54, 1.807) is 20.8 Å². The van der Waals surface area contributed by atoms with Crippen molar-refractivity contribution in [3.63, 3.8) is 0 Å². The summed E-state index contributed by atoms with van der Waals surface area (Å²) in [5.74, 6) is -0.868. The summed E-state index contributed by atoms with van der Waals surface area (Å²) in [4.78, 5) is 26.4. The molecule has 2 bridgehead atoms. The number of carbonyl (C=O) groups is 2. The van der Waals surface area contributed by atoms with Crippen molar-refractivity contribution in [2.24, 2.45) is 17.3 Å². The quantitative estimate of drug-likeness (QED) is 0.370. The van der Waals surface area contributed by atoms with Gasteiger partial charge in [0.2, 0.25) is 15.9 Å². The maximum Gasteiger partial charge on any atom is 0.481 e. The van der Waals surface area contributed by atoms with Crippen LogP contribution in [0.25, 0.3) is 0 Å². The van der Waals surface area contributed by atoms with Crippen molar-refractivity contribution < 1.29 is 32.1 Å². The zero-order chi connectivity index (χ0) is 31.1. The third kappa shape index (κ3) is 7.14. The van der Waals surface area contributed by atoms with E-state index in [9.17, 15) is 18.0 Å². The third-order valence-electron chi connectivity index (χ3n) is 9.39. The number of ether oxygens (including phenoxy) is 1. The van der Waals surface area contributed by atoms with Crippen LogP contribution in [0.15, 0.2) is 30.3 Å². The molecule has 4 aliphatic rings. The molecule has 5 rings (SSSR count). The Kier molecular flexibility index (Phi) is 9.43. The van der Waals surface area contributed by atoms with Crippen LogP contribution in [-0.2, 0) is 35.3 Å². The molecule has 3 aliphatic carbocycles. The largest absolute Gasteiger partial charge is 0.481 e. The molecule has 0 aromatic heterocycles. The number of hydrogen-bond donors (Lipinski definition) is 2. The fourth-order valence-electron chi connectivity index (χ4n) is 6.79. The second kappa shape index (κ2) is 12.1. The van der Waals surface area contributed by atoms with Crippen LogP contribution in [-0.4, -0.2) is 81.0 Å². The molecular weight excluding hydrogens is 557 g/mol. The summed E-state index contributed by atoms with van der Waals surface area (Å²) in [5.41, 5.74) is 0.0596. The Morgan fingerprint density at radius 1 is 1.12 bits per heavy atom. The molecule has 1 heterocycles. The van der Waals surface area contributed by atoms with Gasteiger partial charge in [-0.05, 0) is 82.6 Å². The highest BCUT2D eigenvalue weighted by Gasteiger charge is 2.68. The maximum atomic E-state index is 13.7. The Morgan fingerprint density at radius 2 is 1.79 bits per heavy atom. The molecule has 0 radical (unpaired) electrons. The fraction of sp³-hybridized carbons (Fsp3) is 0.733. The summed E-state index contributed by atoms with van der Waals surface area (Å²) in [6.07, 6.45) is 3.16. The van der Waals surface area contributed by atoms with E-state index in [0.717, 1.165) is 30.0 Å². The number of aryl methyl sites for hydroxylation is 1. The van der Waals surface area contributed by atoms with E-state index in [2.05, 4.69) is 43.5 Å². The van der Waals surface area contributed by atoms with Gasteiger partial charge in [0.05, 0.1) is 23.4 Å². The average molecular weight is 606 g/mol. The van der Waals surface area contributed by atoms with Gasteiger partial charge in [0.1, 0.15) is 11.6 Å². The SMILES string of the molecule is CN(C)S(=O)(=O)C[C@@H](NC(=O)OC(C)(C)C)C(=O)N[C@@H](CCCc1ccccc1)B1O[C@@H]2C[C@@H]3C[C@@H](C3(C)C)[C@]2(C)O1. The molecule has 12 heteroatoms. The highest BCUT2D eigenvalue weighted by atomic mass is 32.2. The molecule has 1 aromatic carbocycles. The number of hydrogen-bond acceptors (Lipinski definition) is 7. The van der Waals surface area contributed by atoms with Gasteiger partial charge >= 0.3 is 13.2 Å². The summed E-state index contributed by atoms with van der Waals surface area (Å²) in [6, 6.07) is 8.71. The van der Waals surface area contributed by atoms with Gasteiger partial charge in [-0.1, -0.05) is 44.2 Å². The molecule has 0 spiro atoms. The lowest BCUT2D eigenvalue weighted by molar-refractivity contribution is -0.199. The number of amides is 2. The third-order valence-corrected chi connectivity index (χ3v) is 11.3. The van der Waals surface area contributed by atoms with E-state index in [4.69, 9.17) is 14.0 Å². The van der Waals surface area contributed by atoms with Crippen LogP contribution in [0.5, 0.6) is 0 Å². The first kappa shape index (κ1) is 32.8. The van der Waals surface area contributed by atoms with Crippen LogP contribution in [0, 0.1) is 17.3 Å². The number of benzene rings is 1. The van der Waals surface area contributed by atoms with Crippen LogP contribution < -0.4 is 10.6 Å². The van der Waals surface area contributed by atoms with E-state index < -0.39 is 58.1 Å². The van der Waals surface area contributed by atoms with Crippen LogP contribution in [0.3, 0.4) is 0 Å². The topological polar surface area (TPSA) is 123 Å². The zero-order valence-corrected chi connectivity index (χ0v) is 27.1. The second-order valence-electron chi connectivity index (χ2n) is 14.1. The molecular formula is C30H48BN3O7S. The Hall–Kier alpha value is -2.15. The molecule has 1 saturated heterocycles. The van der Waals surface area contributed by atoms with Gasteiger partial charge in [0.25, 0.3) is 0 Å². The molecule has 0 unspecified atom stereocenters. The molecule has 42 heavy (non-hydrogen) atoms. The lowest BCUT2D eigenvalue weighted by atomic mass is 9.43. The number of sulfonamides is 1. The minimum atomic E-state index is -3.84. The van der Waals surface area contributed by atoms with Crippen molar-refractivity contribution >= 4 is 29.1 Å². The van der Waals surface area contributed by atoms with Crippen LogP contribution in [0.1, 0.15) is 72.8 Å². The monoisotopic (exact) mass is 605 g/mol. The predicted octanol–water partition coefficient (Wildman–Crippen LogP) is 3.55. The van der Waals surface area contributed by atoms with Crippen molar-refractivity contribution in [3.05, 3.63) is 35.9 Å². The smallest absolute Gasteiger partial charge is 0.444 e. The fourth-order valence-corrected chi connectivity index (χ4v) is 7.75. The number of carbonyl (C=O) groups excluding carboxylic acids is 2. The Bertz CT molecular complexity index is 1240. The Balaban J connectivity index is 1.53. The highest BCUT2D eigenvalue weighted by molar-refractivity contribution is 7.89. The normalized spacial score (nSPS) is 27.9. The van der Waals surface area contributed by atoms with Gasteiger partial charge in [0.15, 0.2) is 0 Å². The van der Waals surface area contributed by atoms with Gasteiger partial charge in [-0.15, -0.1) is 0 Å². The number of nitrogens with one attached hydrogen (secondary N) is 2. The van der Waals surface area contributed by atoms with Crippen molar-refractivity contribution in [2.75, 3.05) is 19.8 Å². The molecule has 10 nitrogen and oxygen atoms in total. The zero-order valence-electron chi connectivity index (χ0n) is 26.3. The van der Waals surface area contributed by atoms with Crippen LogP contribution in [0.2, 0.25) is 0 Å². The first-order valence-corrected chi connectivity index (χ1v) is 16.6. The van der Waals surface area contributed by atoms with Gasteiger partial charge < -0.3 is 24.7 Å². The summed E-state index contributed by atoms with van der Waals surface area (Å²) >= 11 is 0. The van der Waals surface area contributed by atoms with Crippen LogP contribution in [0.4, 0.5) is 4.79 Å². The molecule has 2 N–H and O–H groups in total. The van der Waals surface area contributed by atoms with Gasteiger partial charge in [-0.2, -0.15) is 0 Å². The lowest BCUT2D eigenvalue weighted by Gasteiger charge is -2.64. The number of alkyl carbamates (subject to hydrolysis) is 1.